The quantitative estimate of drug-likeness (QED) is 0.750. The summed E-state index contributed by atoms with van der Waals surface area (Å²) in [5.41, 5.74) is 3.21. The minimum Gasteiger partial charge on any atom is -0.358 e. The van der Waals surface area contributed by atoms with Crippen LogP contribution in [0.1, 0.15) is 17.0 Å². The molecular weight excluding hydrogens is 364 g/mol. The standard InChI is InChI=1S/C20H19ClN4O2/c1-22-20(26)17-10-13-5-2-3-6-15(13)11-25(17)12-18-23-19(24-27-18)14-7-4-8-16(21)9-14/h2-9,17H,10-12H2,1H3,(H,22,26)/t17-/m0/s1. The van der Waals surface area contributed by atoms with E-state index in [0.29, 0.717) is 36.2 Å². The zero-order chi connectivity index (χ0) is 18.8. The molecule has 0 fully saturated rings. The van der Waals surface area contributed by atoms with E-state index < -0.39 is 0 Å². The van der Waals surface area contributed by atoms with Gasteiger partial charge in [0.25, 0.3) is 0 Å². The van der Waals surface area contributed by atoms with Crippen molar-refractivity contribution in [1.82, 2.24) is 20.4 Å². The van der Waals surface area contributed by atoms with Crippen molar-refractivity contribution in [3.8, 4) is 11.4 Å². The van der Waals surface area contributed by atoms with Crippen LogP contribution in [0.3, 0.4) is 0 Å². The number of halogens is 1. The van der Waals surface area contributed by atoms with Gasteiger partial charge in [-0.3, -0.25) is 9.69 Å². The van der Waals surface area contributed by atoms with Crippen molar-refractivity contribution in [2.45, 2.75) is 25.6 Å². The lowest BCUT2D eigenvalue weighted by molar-refractivity contribution is -0.126. The monoisotopic (exact) mass is 382 g/mol. The summed E-state index contributed by atoms with van der Waals surface area (Å²) in [6.45, 7) is 1.06. The number of hydrogen-bond acceptors (Lipinski definition) is 5. The van der Waals surface area contributed by atoms with Crippen LogP contribution in [-0.2, 0) is 24.3 Å². The molecule has 0 spiro atoms. The van der Waals surface area contributed by atoms with Gasteiger partial charge in [0.05, 0.1) is 12.6 Å². The Morgan fingerprint density at radius 2 is 2.07 bits per heavy atom. The molecule has 0 radical (unpaired) electrons. The Labute approximate surface area is 162 Å². The number of nitrogens with zero attached hydrogens (tertiary/aromatic N) is 3. The number of rotatable bonds is 4. The zero-order valence-electron chi connectivity index (χ0n) is 14.9. The van der Waals surface area contributed by atoms with E-state index in [2.05, 4.69) is 32.5 Å². The van der Waals surface area contributed by atoms with Crippen molar-refractivity contribution in [3.05, 3.63) is 70.6 Å². The maximum atomic E-state index is 12.4. The first-order chi connectivity index (χ1) is 13.1. The van der Waals surface area contributed by atoms with Gasteiger partial charge in [-0.05, 0) is 29.7 Å². The Kier molecular flexibility index (Phi) is 4.92. The molecule has 0 saturated carbocycles. The number of amides is 1. The van der Waals surface area contributed by atoms with Crippen LogP contribution < -0.4 is 5.32 Å². The predicted molar refractivity (Wildman–Crippen MR) is 102 cm³/mol. The van der Waals surface area contributed by atoms with Crippen molar-refractivity contribution >= 4 is 17.5 Å². The molecule has 7 heteroatoms. The third-order valence-corrected chi connectivity index (χ3v) is 5.02. The summed E-state index contributed by atoms with van der Waals surface area (Å²) in [6, 6.07) is 15.2. The summed E-state index contributed by atoms with van der Waals surface area (Å²) in [4.78, 5) is 19.0. The topological polar surface area (TPSA) is 71.3 Å². The predicted octanol–water partition coefficient (Wildman–Crippen LogP) is 3.06. The highest BCUT2D eigenvalue weighted by atomic mass is 35.5. The Bertz CT molecular complexity index is 972. The molecule has 138 valence electrons. The lowest BCUT2D eigenvalue weighted by atomic mass is 9.93. The number of nitrogens with one attached hydrogen (secondary N) is 1. The van der Waals surface area contributed by atoms with Crippen LogP contribution in [0.15, 0.2) is 53.1 Å². The van der Waals surface area contributed by atoms with E-state index >= 15 is 0 Å². The van der Waals surface area contributed by atoms with Gasteiger partial charge in [-0.25, -0.2) is 0 Å². The third-order valence-electron chi connectivity index (χ3n) is 4.78. The Morgan fingerprint density at radius 3 is 2.85 bits per heavy atom. The van der Waals surface area contributed by atoms with Crippen LogP contribution in [-0.4, -0.2) is 34.0 Å². The second-order valence-corrected chi connectivity index (χ2v) is 6.97. The molecule has 27 heavy (non-hydrogen) atoms. The average molecular weight is 383 g/mol. The van der Waals surface area contributed by atoms with Crippen LogP contribution in [0.25, 0.3) is 11.4 Å². The molecule has 1 N–H and O–H groups in total. The molecule has 0 saturated heterocycles. The highest BCUT2D eigenvalue weighted by molar-refractivity contribution is 6.30. The largest absolute Gasteiger partial charge is 0.358 e. The van der Waals surface area contributed by atoms with Gasteiger partial charge in [0.1, 0.15) is 0 Å². The van der Waals surface area contributed by atoms with Crippen molar-refractivity contribution < 1.29 is 9.32 Å². The second kappa shape index (κ2) is 7.50. The Balaban J connectivity index is 1.58. The van der Waals surface area contributed by atoms with Gasteiger partial charge in [-0.1, -0.05) is 53.2 Å². The van der Waals surface area contributed by atoms with Crippen LogP contribution in [0.4, 0.5) is 0 Å². The highest BCUT2D eigenvalue weighted by Crippen LogP contribution is 2.26. The second-order valence-electron chi connectivity index (χ2n) is 6.53. The molecule has 1 aliphatic rings. The van der Waals surface area contributed by atoms with Crippen LogP contribution in [0, 0.1) is 0 Å². The first-order valence-corrected chi connectivity index (χ1v) is 9.13. The molecule has 1 aliphatic heterocycles. The number of carbonyl (C=O) groups excluding carboxylic acids is 1. The molecule has 1 atom stereocenters. The third kappa shape index (κ3) is 3.72. The normalized spacial score (nSPS) is 16.7. The molecule has 1 aromatic heterocycles. The average Bonchev–Trinajstić information content (AvgIpc) is 3.15. The van der Waals surface area contributed by atoms with Crippen LogP contribution >= 0.6 is 11.6 Å². The van der Waals surface area contributed by atoms with Crippen molar-refractivity contribution in [3.63, 3.8) is 0 Å². The van der Waals surface area contributed by atoms with E-state index in [1.54, 1.807) is 19.2 Å². The molecule has 0 aliphatic carbocycles. The maximum Gasteiger partial charge on any atom is 0.241 e. The van der Waals surface area contributed by atoms with Crippen molar-refractivity contribution in [2.24, 2.45) is 0 Å². The number of aromatic nitrogens is 2. The number of hydrogen-bond donors (Lipinski definition) is 1. The fraction of sp³-hybridized carbons (Fsp3) is 0.250. The van der Waals surface area contributed by atoms with E-state index in [1.807, 2.05) is 24.3 Å². The van der Waals surface area contributed by atoms with Crippen molar-refractivity contribution in [2.75, 3.05) is 7.05 Å². The first-order valence-electron chi connectivity index (χ1n) is 8.75. The maximum absolute atomic E-state index is 12.4. The van der Waals surface area contributed by atoms with E-state index in [1.165, 1.54) is 11.1 Å². The molecule has 0 unspecified atom stereocenters. The van der Waals surface area contributed by atoms with Gasteiger partial charge >= 0.3 is 0 Å². The number of fused-ring (bicyclic) bond motifs is 1. The molecule has 0 bridgehead atoms. The van der Waals surface area contributed by atoms with E-state index in [-0.39, 0.29) is 11.9 Å². The molecule has 1 amide bonds. The number of carbonyl (C=O) groups is 1. The number of likely N-dealkylation sites (N-methyl/N-ethyl adjacent to an activating group) is 1. The smallest absolute Gasteiger partial charge is 0.241 e. The summed E-state index contributed by atoms with van der Waals surface area (Å²) in [6.07, 6.45) is 0.658. The molecule has 6 nitrogen and oxygen atoms in total. The van der Waals surface area contributed by atoms with E-state index in [4.69, 9.17) is 16.1 Å². The summed E-state index contributed by atoms with van der Waals surface area (Å²) < 4.78 is 5.43. The summed E-state index contributed by atoms with van der Waals surface area (Å²) in [7, 11) is 1.66. The highest BCUT2D eigenvalue weighted by Gasteiger charge is 2.32. The minimum atomic E-state index is -0.272. The Hall–Kier alpha value is -2.70. The molecule has 2 aromatic carbocycles. The van der Waals surface area contributed by atoms with Crippen LogP contribution in [0.2, 0.25) is 5.02 Å². The first kappa shape index (κ1) is 17.7. The molecule has 2 heterocycles. The van der Waals surface area contributed by atoms with E-state index in [0.717, 1.165) is 5.56 Å². The summed E-state index contributed by atoms with van der Waals surface area (Å²) in [5, 5.41) is 7.43. The number of benzene rings is 2. The van der Waals surface area contributed by atoms with Crippen molar-refractivity contribution in [1.29, 1.82) is 0 Å². The summed E-state index contributed by atoms with van der Waals surface area (Å²) in [5.74, 6) is 0.943. The SMILES string of the molecule is CNC(=O)[C@@H]1Cc2ccccc2CN1Cc1nc(-c2cccc(Cl)c2)no1. The zero-order valence-corrected chi connectivity index (χ0v) is 15.6. The fourth-order valence-electron chi connectivity index (χ4n) is 3.41. The van der Waals surface area contributed by atoms with Gasteiger partial charge in [0, 0.05) is 24.2 Å². The van der Waals surface area contributed by atoms with Crippen LogP contribution in [0.5, 0.6) is 0 Å². The lowest BCUT2D eigenvalue weighted by Crippen LogP contribution is -2.49. The van der Waals surface area contributed by atoms with E-state index in [9.17, 15) is 4.79 Å². The lowest BCUT2D eigenvalue weighted by Gasteiger charge is -2.34. The fourth-order valence-corrected chi connectivity index (χ4v) is 3.60. The van der Waals surface area contributed by atoms with Gasteiger partial charge < -0.3 is 9.84 Å². The van der Waals surface area contributed by atoms with Gasteiger partial charge in [-0.2, -0.15) is 4.98 Å². The van der Waals surface area contributed by atoms with Gasteiger partial charge in [-0.15, -0.1) is 0 Å². The summed E-state index contributed by atoms with van der Waals surface area (Å²) >= 11 is 6.04. The van der Waals surface area contributed by atoms with Gasteiger partial charge in [0.2, 0.25) is 17.6 Å². The molecular formula is C20H19ClN4O2. The minimum absolute atomic E-state index is 0.0147. The molecule has 3 aromatic rings. The molecule has 4 rings (SSSR count). The van der Waals surface area contributed by atoms with Gasteiger partial charge in [0.15, 0.2) is 0 Å². The Morgan fingerprint density at radius 1 is 1.26 bits per heavy atom.